The second kappa shape index (κ2) is 8.98. The second-order valence-electron chi connectivity index (χ2n) is 6.65. The van der Waals surface area contributed by atoms with Gasteiger partial charge in [-0.1, -0.05) is 30.4 Å². The van der Waals surface area contributed by atoms with Crippen LogP contribution in [0.5, 0.6) is 5.75 Å². The van der Waals surface area contributed by atoms with Gasteiger partial charge in [0.05, 0.1) is 6.54 Å². The average molecular weight is 375 g/mol. The van der Waals surface area contributed by atoms with Gasteiger partial charge in [-0.25, -0.2) is 4.79 Å². The number of carbonyl (C=O) groups is 1. The van der Waals surface area contributed by atoms with Gasteiger partial charge in [-0.3, -0.25) is 0 Å². The zero-order valence-electron chi connectivity index (χ0n) is 15.1. The minimum absolute atomic E-state index is 0.0149. The summed E-state index contributed by atoms with van der Waals surface area (Å²) in [5.41, 5.74) is 1.11. The largest absolute Gasteiger partial charge is 0.508 e. The first-order valence-electron chi connectivity index (χ1n) is 9.29. The van der Waals surface area contributed by atoms with Gasteiger partial charge in [-0.15, -0.1) is 10.2 Å². The van der Waals surface area contributed by atoms with Crippen LogP contribution in [0.3, 0.4) is 0 Å². The number of hydrogen-bond acceptors (Lipinski definition) is 5. The molecular formula is C19H26N4O2S. The summed E-state index contributed by atoms with van der Waals surface area (Å²) in [6.07, 6.45) is 5.88. The van der Waals surface area contributed by atoms with E-state index in [-0.39, 0.29) is 12.1 Å². The first kappa shape index (κ1) is 18.6. The van der Waals surface area contributed by atoms with E-state index in [2.05, 4.69) is 15.5 Å². The third kappa shape index (κ3) is 4.94. The zero-order valence-corrected chi connectivity index (χ0v) is 16.0. The van der Waals surface area contributed by atoms with Crippen LogP contribution in [0.15, 0.2) is 24.3 Å². The molecule has 0 spiro atoms. The number of carbonyl (C=O) groups excluding carboxylic acids is 1. The number of likely N-dealkylation sites (tertiary alicyclic amines) is 1. The number of hydrogen-bond donors (Lipinski definition) is 2. The highest BCUT2D eigenvalue weighted by Gasteiger charge is 2.26. The number of benzene rings is 1. The van der Waals surface area contributed by atoms with Crippen molar-refractivity contribution in [2.75, 3.05) is 6.54 Å². The maximum atomic E-state index is 12.7. The van der Waals surface area contributed by atoms with Crippen molar-refractivity contribution in [1.29, 1.82) is 0 Å². The Morgan fingerprint density at radius 3 is 2.96 bits per heavy atom. The molecule has 1 saturated heterocycles. The monoisotopic (exact) mass is 374 g/mol. The van der Waals surface area contributed by atoms with Gasteiger partial charge < -0.3 is 15.3 Å². The summed E-state index contributed by atoms with van der Waals surface area (Å²) in [7, 11) is 0. The number of urea groups is 1. The normalized spacial score (nSPS) is 17.3. The van der Waals surface area contributed by atoms with Gasteiger partial charge in [0.15, 0.2) is 0 Å². The summed E-state index contributed by atoms with van der Waals surface area (Å²) in [6.45, 7) is 3.28. The number of rotatable bonds is 6. The van der Waals surface area contributed by atoms with Gasteiger partial charge in [0.2, 0.25) is 0 Å². The van der Waals surface area contributed by atoms with E-state index in [1.54, 1.807) is 23.5 Å². The first-order chi connectivity index (χ1) is 12.7. The molecule has 2 amide bonds. The van der Waals surface area contributed by atoms with E-state index in [1.807, 2.05) is 24.0 Å². The van der Waals surface area contributed by atoms with Crippen LogP contribution in [0, 0.1) is 0 Å². The molecule has 1 unspecified atom stereocenters. The van der Waals surface area contributed by atoms with Crippen LogP contribution in [-0.2, 0) is 19.4 Å². The van der Waals surface area contributed by atoms with Crippen molar-refractivity contribution in [2.24, 2.45) is 0 Å². The maximum Gasteiger partial charge on any atom is 0.317 e. The highest BCUT2D eigenvalue weighted by molar-refractivity contribution is 7.11. The van der Waals surface area contributed by atoms with E-state index >= 15 is 0 Å². The van der Waals surface area contributed by atoms with Crippen molar-refractivity contribution in [3.8, 4) is 5.75 Å². The molecule has 0 saturated carbocycles. The van der Waals surface area contributed by atoms with Crippen LogP contribution in [0.4, 0.5) is 4.79 Å². The number of nitrogens with one attached hydrogen (secondary N) is 1. The topological polar surface area (TPSA) is 78.4 Å². The Morgan fingerprint density at radius 1 is 1.35 bits per heavy atom. The predicted molar refractivity (Wildman–Crippen MR) is 102 cm³/mol. The Kier molecular flexibility index (Phi) is 6.44. The molecule has 140 valence electrons. The third-order valence-corrected chi connectivity index (χ3v) is 5.83. The molecule has 6 nitrogen and oxygen atoms in total. The van der Waals surface area contributed by atoms with Crippen LogP contribution >= 0.6 is 11.3 Å². The summed E-state index contributed by atoms with van der Waals surface area (Å²) in [6, 6.07) is 7.59. The standard InChI is InChI=1S/C19H26N4O2S/c1-2-17-21-22-18(26-17)13-20-19(25)23-11-4-3-7-15(23)10-9-14-6-5-8-16(24)12-14/h5-6,8,12,15,24H,2-4,7,9-11,13H2,1H3,(H,20,25). The lowest BCUT2D eigenvalue weighted by atomic mass is 9.96. The molecule has 2 N–H and O–H groups in total. The summed E-state index contributed by atoms with van der Waals surface area (Å²) < 4.78 is 0. The van der Waals surface area contributed by atoms with E-state index in [9.17, 15) is 9.90 Å². The molecule has 1 atom stereocenters. The fraction of sp³-hybridized carbons (Fsp3) is 0.526. The van der Waals surface area contributed by atoms with Crippen LogP contribution < -0.4 is 5.32 Å². The first-order valence-corrected chi connectivity index (χ1v) is 10.1. The molecule has 3 rings (SSSR count). The van der Waals surface area contributed by atoms with E-state index in [0.29, 0.717) is 12.3 Å². The molecule has 1 aliphatic heterocycles. The lowest BCUT2D eigenvalue weighted by molar-refractivity contribution is 0.146. The van der Waals surface area contributed by atoms with Crippen molar-refractivity contribution in [3.63, 3.8) is 0 Å². The van der Waals surface area contributed by atoms with E-state index in [4.69, 9.17) is 0 Å². The molecule has 0 radical (unpaired) electrons. The molecule has 0 bridgehead atoms. The van der Waals surface area contributed by atoms with E-state index < -0.39 is 0 Å². The molecule has 7 heteroatoms. The number of aryl methyl sites for hydroxylation is 2. The fourth-order valence-electron chi connectivity index (χ4n) is 3.37. The minimum Gasteiger partial charge on any atom is -0.508 e. The Hall–Kier alpha value is -2.15. The molecule has 26 heavy (non-hydrogen) atoms. The minimum atomic E-state index is -0.0149. The van der Waals surface area contributed by atoms with E-state index in [1.165, 1.54) is 0 Å². The van der Waals surface area contributed by atoms with Crippen molar-refractivity contribution >= 4 is 17.4 Å². The summed E-state index contributed by atoms with van der Waals surface area (Å²) in [4.78, 5) is 14.6. The van der Waals surface area contributed by atoms with Gasteiger partial charge in [0.1, 0.15) is 15.8 Å². The predicted octanol–water partition coefficient (Wildman–Crippen LogP) is 3.50. The second-order valence-corrected chi connectivity index (χ2v) is 7.80. The molecule has 1 aromatic heterocycles. The third-order valence-electron chi connectivity index (χ3n) is 4.77. The molecule has 0 aliphatic carbocycles. The van der Waals surface area contributed by atoms with Gasteiger partial charge >= 0.3 is 6.03 Å². The number of amides is 2. The van der Waals surface area contributed by atoms with Crippen LogP contribution in [0.25, 0.3) is 0 Å². The van der Waals surface area contributed by atoms with Gasteiger partial charge in [0, 0.05) is 12.6 Å². The van der Waals surface area contributed by atoms with Crippen molar-refractivity contribution in [3.05, 3.63) is 39.8 Å². The number of phenolic OH excluding ortho intramolecular Hbond substituents is 1. The quantitative estimate of drug-likeness (QED) is 0.811. The van der Waals surface area contributed by atoms with Gasteiger partial charge in [0.25, 0.3) is 0 Å². The number of phenols is 1. The number of nitrogens with zero attached hydrogens (tertiary/aromatic N) is 3. The van der Waals surface area contributed by atoms with E-state index in [0.717, 1.165) is 60.6 Å². The van der Waals surface area contributed by atoms with Gasteiger partial charge in [-0.05, 0) is 56.2 Å². The highest BCUT2D eigenvalue weighted by atomic mass is 32.1. The summed E-state index contributed by atoms with van der Waals surface area (Å²) in [5, 5.41) is 22.7. The smallest absolute Gasteiger partial charge is 0.317 e. The summed E-state index contributed by atoms with van der Waals surface area (Å²) >= 11 is 1.55. The van der Waals surface area contributed by atoms with Crippen LogP contribution in [0.1, 0.15) is 48.2 Å². The Morgan fingerprint density at radius 2 is 2.19 bits per heavy atom. The molecule has 1 aliphatic rings. The fourth-order valence-corrected chi connectivity index (χ4v) is 4.09. The molecule has 2 heterocycles. The van der Waals surface area contributed by atoms with Crippen molar-refractivity contribution in [2.45, 2.75) is 58.0 Å². The van der Waals surface area contributed by atoms with Crippen molar-refractivity contribution in [1.82, 2.24) is 20.4 Å². The molecule has 1 fully saturated rings. The van der Waals surface area contributed by atoms with Crippen molar-refractivity contribution < 1.29 is 9.90 Å². The molecular weight excluding hydrogens is 348 g/mol. The zero-order chi connectivity index (χ0) is 18.4. The Labute approximate surface area is 158 Å². The lowest BCUT2D eigenvalue weighted by Gasteiger charge is -2.35. The van der Waals surface area contributed by atoms with Crippen LogP contribution in [0.2, 0.25) is 0 Å². The van der Waals surface area contributed by atoms with Crippen LogP contribution in [-0.4, -0.2) is 38.8 Å². The molecule has 2 aromatic rings. The number of aromatic hydroxyl groups is 1. The Balaban J connectivity index is 1.54. The average Bonchev–Trinajstić information content (AvgIpc) is 3.13. The number of aromatic nitrogens is 2. The summed E-state index contributed by atoms with van der Waals surface area (Å²) in [5.74, 6) is 0.296. The SMILES string of the molecule is CCc1nnc(CNC(=O)N2CCCCC2CCc2cccc(O)c2)s1. The Bertz CT molecular complexity index is 734. The van der Waals surface area contributed by atoms with Gasteiger partial charge in [-0.2, -0.15) is 0 Å². The number of piperidine rings is 1. The lowest BCUT2D eigenvalue weighted by Crippen LogP contribution is -2.48. The maximum absolute atomic E-state index is 12.7. The molecule has 1 aromatic carbocycles. The highest BCUT2D eigenvalue weighted by Crippen LogP contribution is 2.22.